The molecule has 0 saturated carbocycles. The van der Waals surface area contributed by atoms with E-state index in [1.807, 2.05) is 6.07 Å². The van der Waals surface area contributed by atoms with Crippen LogP contribution >= 0.6 is 0 Å². The molecule has 334 valence electrons. The third-order valence-corrected chi connectivity index (χ3v) is 8.91. The van der Waals surface area contributed by atoms with Crippen molar-refractivity contribution in [2.24, 2.45) is 5.73 Å². The molecule has 0 spiro atoms. The van der Waals surface area contributed by atoms with Gasteiger partial charge in [0.05, 0.1) is 41.1 Å². The molecule has 65 heavy (non-hydrogen) atoms. The van der Waals surface area contributed by atoms with Crippen LogP contribution < -0.4 is 41.8 Å². The van der Waals surface area contributed by atoms with Crippen LogP contribution in [0.2, 0.25) is 0 Å². The zero-order valence-electron chi connectivity index (χ0n) is 35.1. The molecule has 1 unspecified atom stereocenters. The molecule has 20 heteroatoms. The van der Waals surface area contributed by atoms with Crippen molar-refractivity contribution < 1.29 is 58.4 Å². The normalized spacial score (nSPS) is 11.1. The molecule has 0 aliphatic carbocycles. The highest BCUT2D eigenvalue weighted by molar-refractivity contribution is 6.11. The van der Waals surface area contributed by atoms with Crippen LogP contribution in [0.25, 0.3) is 0 Å². The van der Waals surface area contributed by atoms with Crippen LogP contribution in [0.1, 0.15) is 91.6 Å². The molecule has 4 aromatic carbocycles. The predicted octanol–water partition coefficient (Wildman–Crippen LogP) is 5.01. The Hall–Kier alpha value is -8.99. The summed E-state index contributed by atoms with van der Waals surface area (Å²) in [6.07, 6.45) is -0.383. The Labute approximate surface area is 370 Å². The lowest BCUT2D eigenvalue weighted by Gasteiger charge is -2.20. The number of carbonyl (C=O) groups excluding carboxylic acids is 6. The van der Waals surface area contributed by atoms with Gasteiger partial charge in [0.25, 0.3) is 23.6 Å². The van der Waals surface area contributed by atoms with Gasteiger partial charge in [-0.25, -0.2) is 9.78 Å². The Balaban J connectivity index is 1.25. The van der Waals surface area contributed by atoms with E-state index in [0.717, 1.165) is 6.07 Å². The van der Waals surface area contributed by atoms with Gasteiger partial charge in [-0.2, -0.15) is 5.26 Å². The molecule has 0 radical (unpaired) electrons. The number of amides is 6. The zero-order valence-corrected chi connectivity index (χ0v) is 35.1. The minimum absolute atomic E-state index is 0.0211. The van der Waals surface area contributed by atoms with Crippen molar-refractivity contribution in [3.63, 3.8) is 0 Å². The Bertz CT molecular complexity index is 2700. The van der Waals surface area contributed by atoms with Gasteiger partial charge in [0.15, 0.2) is 23.0 Å². The summed E-state index contributed by atoms with van der Waals surface area (Å²) in [7, 11) is 0. The number of nitriles is 1. The number of rotatable bonds is 17. The summed E-state index contributed by atoms with van der Waals surface area (Å²) in [4.78, 5) is 93.2. The number of phenolic OH excluding ortho intramolecular Hbond substituents is 1. The van der Waals surface area contributed by atoms with Crippen LogP contribution in [0.5, 0.6) is 23.0 Å². The molecule has 0 aliphatic heterocycles. The van der Waals surface area contributed by atoms with E-state index in [0.29, 0.717) is 5.69 Å². The van der Waals surface area contributed by atoms with Crippen molar-refractivity contribution in [2.75, 3.05) is 21.3 Å². The first kappa shape index (κ1) is 47.1. The summed E-state index contributed by atoms with van der Waals surface area (Å²) in [5, 5.41) is 53.0. The number of benzene rings is 4. The minimum Gasteiger partial charge on any atom is -0.504 e. The van der Waals surface area contributed by atoms with Crippen LogP contribution in [-0.2, 0) is 9.59 Å². The highest BCUT2D eigenvalue weighted by Crippen LogP contribution is 2.41. The monoisotopic (exact) mass is 886 g/mol. The molecule has 0 bridgehead atoms. The molecule has 6 amide bonds. The fraction of sp³-hybridized carbons (Fsp3) is 0.178. The van der Waals surface area contributed by atoms with Gasteiger partial charge in [-0.3, -0.25) is 28.8 Å². The van der Waals surface area contributed by atoms with E-state index >= 15 is 0 Å². The molecule has 1 atom stereocenters. The first-order chi connectivity index (χ1) is 30.8. The number of aromatic hydroxyl groups is 2. The highest BCUT2D eigenvalue weighted by atomic mass is 16.5. The van der Waals surface area contributed by atoms with E-state index < -0.39 is 83.1 Å². The molecule has 1 aromatic heterocycles. The number of hydrogen-bond donors (Lipinski definition) is 9. The lowest BCUT2D eigenvalue weighted by atomic mass is 10.1. The number of aromatic nitrogens is 1. The van der Waals surface area contributed by atoms with Gasteiger partial charge in [0, 0.05) is 28.7 Å². The molecule has 10 N–H and O–H groups in total. The second-order valence-corrected chi connectivity index (χ2v) is 14.6. The number of aromatic carboxylic acids is 1. The van der Waals surface area contributed by atoms with Crippen LogP contribution in [0.15, 0.2) is 91.1 Å². The SMILES string of the molecule is CC(C)Oc1c(NC(=O)c2ccc(NC(=O)c3ccc(NC(=O)C(CC(N)=O)NC(=O)c4ccc(NC(=O)c5ccc(C#N)cn5)cc4)cc3)c(OC(C)C)c2O)ccc(C(=O)O)c1O. The lowest BCUT2D eigenvalue weighted by molar-refractivity contribution is -0.123. The zero-order chi connectivity index (χ0) is 47.5. The van der Waals surface area contributed by atoms with Crippen LogP contribution in [0, 0.1) is 11.3 Å². The molecule has 0 fully saturated rings. The molecule has 20 nitrogen and oxygen atoms in total. The number of carboxylic acids is 1. The summed E-state index contributed by atoms with van der Waals surface area (Å²) in [5.74, 6) is -7.91. The summed E-state index contributed by atoms with van der Waals surface area (Å²) in [5.41, 5.74) is 5.50. The first-order valence-electron chi connectivity index (χ1n) is 19.5. The standard InChI is InChI=1S/C45H42N8O12/c1-22(2)64-38-31(17-14-29(36(38)55)42(59)52-32-18-15-30(45(62)63)37(56)39(32)65-23(3)4)51-40(57)25-6-12-28(13-7-25)50-44(61)34(19-35(47)54)53-41(58)26-8-10-27(11-9-26)49-43(60)33-16-5-24(20-46)21-48-33/h5-18,21-23,34,55-56H,19H2,1-4H3,(H2,47,54)(H,49,60)(H,50,61)(H,51,57)(H,52,59)(H,53,58)(H,62,63). The molecule has 5 rings (SSSR count). The van der Waals surface area contributed by atoms with E-state index in [4.69, 9.17) is 20.5 Å². The number of pyridine rings is 1. The van der Waals surface area contributed by atoms with Crippen molar-refractivity contribution in [1.29, 1.82) is 5.26 Å². The van der Waals surface area contributed by atoms with Crippen molar-refractivity contribution in [3.05, 3.63) is 125 Å². The topological polar surface area (TPSA) is 321 Å². The second kappa shape index (κ2) is 20.7. The van der Waals surface area contributed by atoms with Crippen LogP contribution in [-0.4, -0.2) is 80.0 Å². The van der Waals surface area contributed by atoms with Gasteiger partial charge in [-0.05, 0) is 113 Å². The lowest BCUT2D eigenvalue weighted by Crippen LogP contribution is -2.46. The molecule has 0 saturated heterocycles. The second-order valence-electron chi connectivity index (χ2n) is 14.6. The van der Waals surface area contributed by atoms with Gasteiger partial charge in [0.1, 0.15) is 23.4 Å². The summed E-state index contributed by atoms with van der Waals surface area (Å²) in [6, 6.07) is 19.2. The van der Waals surface area contributed by atoms with Gasteiger partial charge >= 0.3 is 5.97 Å². The van der Waals surface area contributed by atoms with Crippen molar-refractivity contribution in [1.82, 2.24) is 10.3 Å². The van der Waals surface area contributed by atoms with Gasteiger partial charge in [0.2, 0.25) is 11.8 Å². The van der Waals surface area contributed by atoms with Gasteiger partial charge < -0.3 is 57.1 Å². The summed E-state index contributed by atoms with van der Waals surface area (Å²) in [6.45, 7) is 6.55. The smallest absolute Gasteiger partial charge is 0.339 e. The number of ether oxygens (including phenoxy) is 2. The number of phenols is 2. The number of nitrogens with one attached hydrogen (secondary N) is 5. The van der Waals surface area contributed by atoms with Crippen molar-refractivity contribution in [2.45, 2.75) is 52.4 Å². The first-order valence-corrected chi connectivity index (χ1v) is 19.5. The number of carboxylic acid groups (broad SMARTS) is 1. The Kier molecular flexibility index (Phi) is 15.0. The van der Waals surface area contributed by atoms with Crippen LogP contribution in [0.3, 0.4) is 0 Å². The number of carbonyl (C=O) groups is 7. The number of hydrogen-bond acceptors (Lipinski definition) is 13. The highest BCUT2D eigenvalue weighted by Gasteiger charge is 2.27. The van der Waals surface area contributed by atoms with Gasteiger partial charge in [-0.15, -0.1) is 0 Å². The largest absolute Gasteiger partial charge is 0.504 e. The fourth-order valence-corrected chi connectivity index (χ4v) is 5.87. The third-order valence-electron chi connectivity index (χ3n) is 8.91. The molecular formula is C45H42N8O12. The molecule has 5 aromatic rings. The van der Waals surface area contributed by atoms with E-state index in [1.165, 1.54) is 85.1 Å². The van der Waals surface area contributed by atoms with Gasteiger partial charge in [-0.1, -0.05) is 0 Å². The van der Waals surface area contributed by atoms with E-state index in [2.05, 4.69) is 31.6 Å². The maximum Gasteiger partial charge on any atom is 0.339 e. The number of anilines is 4. The van der Waals surface area contributed by atoms with E-state index in [-0.39, 0.29) is 56.5 Å². The van der Waals surface area contributed by atoms with Crippen molar-refractivity contribution in [3.8, 4) is 29.1 Å². The van der Waals surface area contributed by atoms with E-state index in [1.54, 1.807) is 27.7 Å². The fourth-order valence-electron chi connectivity index (χ4n) is 5.87. The summed E-state index contributed by atoms with van der Waals surface area (Å²) < 4.78 is 11.4. The minimum atomic E-state index is -1.43. The number of nitrogens with two attached hydrogens (primary N) is 1. The number of nitrogens with zero attached hydrogens (tertiary/aromatic N) is 2. The average molecular weight is 887 g/mol. The Morgan fingerprint density at radius 3 is 1.65 bits per heavy atom. The summed E-state index contributed by atoms with van der Waals surface area (Å²) >= 11 is 0. The van der Waals surface area contributed by atoms with Crippen LogP contribution in [0.4, 0.5) is 22.7 Å². The van der Waals surface area contributed by atoms with Crippen molar-refractivity contribution >= 4 is 64.2 Å². The molecule has 1 heterocycles. The van der Waals surface area contributed by atoms with E-state index in [9.17, 15) is 48.9 Å². The predicted molar refractivity (Wildman–Crippen MR) is 234 cm³/mol. The Morgan fingerprint density at radius 2 is 1.15 bits per heavy atom. The quantitative estimate of drug-likeness (QED) is 0.0593. The molecular weight excluding hydrogens is 845 g/mol. The Morgan fingerprint density at radius 1 is 0.646 bits per heavy atom. The maximum atomic E-state index is 13.4. The third kappa shape index (κ3) is 12.1. The maximum absolute atomic E-state index is 13.4. The molecule has 0 aliphatic rings. The number of primary amides is 1. The average Bonchev–Trinajstić information content (AvgIpc) is 3.25.